The lowest BCUT2D eigenvalue weighted by molar-refractivity contribution is -0.119. The molecule has 1 amide bonds. The van der Waals surface area contributed by atoms with Crippen molar-refractivity contribution in [3.05, 3.63) is 59.9 Å². The molecule has 31 heavy (non-hydrogen) atoms. The molecule has 1 aliphatic rings. The van der Waals surface area contributed by atoms with Crippen LogP contribution in [-0.2, 0) is 11.4 Å². The van der Waals surface area contributed by atoms with Crippen molar-refractivity contribution in [2.45, 2.75) is 24.2 Å². The second kappa shape index (κ2) is 9.61. The van der Waals surface area contributed by atoms with Crippen molar-refractivity contribution in [1.82, 2.24) is 20.2 Å². The lowest BCUT2D eigenvalue weighted by Crippen LogP contribution is -2.33. The van der Waals surface area contributed by atoms with Crippen LogP contribution in [0.2, 0.25) is 0 Å². The van der Waals surface area contributed by atoms with E-state index in [1.807, 2.05) is 42.5 Å². The van der Waals surface area contributed by atoms with Crippen molar-refractivity contribution >= 4 is 17.7 Å². The zero-order valence-electron chi connectivity index (χ0n) is 17.0. The van der Waals surface area contributed by atoms with E-state index in [1.165, 1.54) is 16.4 Å². The summed E-state index contributed by atoms with van der Waals surface area (Å²) in [6.45, 7) is 0.713. The number of hydrogen-bond donors (Lipinski definition) is 2. The highest BCUT2D eigenvalue weighted by molar-refractivity contribution is 7.99. The quantitative estimate of drug-likeness (QED) is 0.404. The maximum Gasteiger partial charge on any atom is 0.230 e. The number of benzene rings is 2. The van der Waals surface area contributed by atoms with Gasteiger partial charge < -0.3 is 25.4 Å². The van der Waals surface area contributed by atoms with Crippen LogP contribution in [0, 0.1) is 0 Å². The number of methoxy groups -OCH3 is 1. The van der Waals surface area contributed by atoms with Crippen LogP contribution in [0.25, 0.3) is 0 Å². The molecule has 162 valence electrons. The van der Waals surface area contributed by atoms with E-state index in [4.69, 9.17) is 20.1 Å². The van der Waals surface area contributed by atoms with Gasteiger partial charge in [0.2, 0.25) is 11.1 Å². The average molecular weight is 442 g/mol. The second-order valence-electron chi connectivity index (χ2n) is 6.82. The summed E-state index contributed by atoms with van der Waals surface area (Å²) in [5.74, 6) is 8.73. The van der Waals surface area contributed by atoms with Crippen molar-refractivity contribution in [2.24, 2.45) is 0 Å². The Balaban J connectivity index is 1.30. The third-order valence-electron chi connectivity index (χ3n) is 4.77. The number of amides is 1. The van der Waals surface area contributed by atoms with Gasteiger partial charge in [-0.3, -0.25) is 4.79 Å². The van der Waals surface area contributed by atoms with Gasteiger partial charge in [0, 0.05) is 18.1 Å². The minimum Gasteiger partial charge on any atom is -0.497 e. The summed E-state index contributed by atoms with van der Waals surface area (Å²) in [6, 6.07) is 14.9. The molecule has 10 heteroatoms. The van der Waals surface area contributed by atoms with Crippen LogP contribution < -0.4 is 25.4 Å². The SMILES string of the molecule is COc1cccc(OCc2nnc(SCC(=O)N[C@@H]3CCOc4ccccc43)n2N)c1. The second-order valence-corrected chi connectivity index (χ2v) is 7.76. The number of ether oxygens (including phenoxy) is 3. The molecule has 0 saturated heterocycles. The standard InChI is InChI=1S/C21H23N5O4S/c1-28-14-5-4-6-15(11-14)30-12-19-24-25-21(26(19)22)31-13-20(27)23-17-9-10-29-18-8-3-2-7-16(17)18/h2-8,11,17H,9-10,12-13,22H2,1H3,(H,23,27)/t17-/m1/s1. The number of nitrogens with two attached hydrogens (primary N) is 1. The van der Waals surface area contributed by atoms with Crippen molar-refractivity contribution < 1.29 is 19.0 Å². The van der Waals surface area contributed by atoms with E-state index < -0.39 is 0 Å². The molecule has 2 aromatic carbocycles. The lowest BCUT2D eigenvalue weighted by Gasteiger charge is -2.26. The number of fused-ring (bicyclic) bond motifs is 1. The molecule has 0 saturated carbocycles. The van der Waals surface area contributed by atoms with Crippen molar-refractivity contribution in [3.8, 4) is 17.2 Å². The molecule has 0 unspecified atom stereocenters. The number of carbonyl (C=O) groups is 1. The van der Waals surface area contributed by atoms with E-state index in [0.717, 1.165) is 17.7 Å². The zero-order chi connectivity index (χ0) is 21.6. The number of nitrogen functional groups attached to an aromatic ring is 1. The predicted octanol–water partition coefficient (Wildman–Crippen LogP) is 2.31. The molecule has 1 atom stereocenters. The van der Waals surface area contributed by atoms with E-state index in [-0.39, 0.29) is 24.3 Å². The largest absolute Gasteiger partial charge is 0.497 e. The molecular formula is C21H23N5O4S. The highest BCUT2D eigenvalue weighted by atomic mass is 32.2. The maximum atomic E-state index is 12.5. The molecule has 1 aromatic heterocycles. The summed E-state index contributed by atoms with van der Waals surface area (Å²) in [6.07, 6.45) is 0.728. The third kappa shape index (κ3) is 5.02. The van der Waals surface area contributed by atoms with Crippen LogP contribution in [0.15, 0.2) is 53.7 Å². The summed E-state index contributed by atoms with van der Waals surface area (Å²) < 4.78 is 17.9. The molecule has 2 heterocycles. The smallest absolute Gasteiger partial charge is 0.230 e. The van der Waals surface area contributed by atoms with Gasteiger partial charge in [0.05, 0.1) is 25.5 Å². The summed E-state index contributed by atoms with van der Waals surface area (Å²) in [7, 11) is 1.59. The van der Waals surface area contributed by atoms with Gasteiger partial charge in [0.1, 0.15) is 23.9 Å². The van der Waals surface area contributed by atoms with Crippen LogP contribution in [0.1, 0.15) is 23.9 Å². The minimum atomic E-state index is -0.108. The van der Waals surface area contributed by atoms with E-state index >= 15 is 0 Å². The Bertz CT molecular complexity index is 1060. The summed E-state index contributed by atoms with van der Waals surface area (Å²) in [4.78, 5) is 12.5. The lowest BCUT2D eigenvalue weighted by atomic mass is 10.0. The first-order chi connectivity index (χ1) is 15.1. The number of thioether (sulfide) groups is 1. The number of nitrogens with one attached hydrogen (secondary N) is 1. The molecule has 0 spiro atoms. The van der Waals surface area contributed by atoms with Gasteiger partial charge in [-0.15, -0.1) is 10.2 Å². The van der Waals surface area contributed by atoms with Crippen LogP contribution in [0.3, 0.4) is 0 Å². The van der Waals surface area contributed by atoms with Gasteiger partial charge in [0.15, 0.2) is 5.82 Å². The number of para-hydroxylation sites is 1. The van der Waals surface area contributed by atoms with Crippen molar-refractivity contribution in [3.63, 3.8) is 0 Å². The van der Waals surface area contributed by atoms with E-state index in [9.17, 15) is 4.79 Å². The molecular weight excluding hydrogens is 418 g/mol. The van der Waals surface area contributed by atoms with Gasteiger partial charge in [-0.05, 0) is 18.2 Å². The topological polar surface area (TPSA) is 114 Å². The van der Waals surface area contributed by atoms with Crippen LogP contribution in [-0.4, -0.2) is 40.3 Å². The summed E-state index contributed by atoms with van der Waals surface area (Å²) >= 11 is 1.22. The van der Waals surface area contributed by atoms with Crippen molar-refractivity contribution in [1.29, 1.82) is 0 Å². The molecule has 1 aliphatic heterocycles. The Morgan fingerprint density at radius 3 is 2.97 bits per heavy atom. The summed E-state index contributed by atoms with van der Waals surface area (Å²) in [5, 5.41) is 11.6. The fourth-order valence-electron chi connectivity index (χ4n) is 3.20. The molecule has 9 nitrogen and oxygen atoms in total. The molecule has 0 aliphatic carbocycles. The minimum absolute atomic E-state index is 0.0689. The predicted molar refractivity (Wildman–Crippen MR) is 116 cm³/mol. The number of nitrogens with zero attached hydrogens (tertiary/aromatic N) is 3. The first-order valence-electron chi connectivity index (χ1n) is 9.74. The first kappa shape index (κ1) is 20.9. The number of hydrogen-bond acceptors (Lipinski definition) is 8. The maximum absolute atomic E-state index is 12.5. The van der Waals surface area contributed by atoms with Crippen LogP contribution in [0.4, 0.5) is 0 Å². The van der Waals surface area contributed by atoms with Gasteiger partial charge in [-0.1, -0.05) is 36.0 Å². The number of aromatic nitrogens is 3. The Morgan fingerprint density at radius 1 is 1.26 bits per heavy atom. The van der Waals surface area contributed by atoms with Crippen molar-refractivity contribution in [2.75, 3.05) is 25.3 Å². The van der Waals surface area contributed by atoms with Crippen LogP contribution >= 0.6 is 11.8 Å². The fourth-order valence-corrected chi connectivity index (χ4v) is 3.89. The molecule has 3 aromatic rings. The third-order valence-corrected chi connectivity index (χ3v) is 5.71. The fraction of sp³-hybridized carbons (Fsp3) is 0.286. The van der Waals surface area contributed by atoms with E-state index in [1.54, 1.807) is 13.2 Å². The molecule has 0 fully saturated rings. The average Bonchev–Trinajstić information content (AvgIpc) is 3.16. The highest BCUT2D eigenvalue weighted by Gasteiger charge is 2.23. The Kier molecular flexibility index (Phi) is 6.46. The van der Waals surface area contributed by atoms with Gasteiger partial charge in [-0.2, -0.15) is 0 Å². The summed E-state index contributed by atoms with van der Waals surface area (Å²) in [5.41, 5.74) is 0.992. The first-order valence-corrected chi connectivity index (χ1v) is 10.7. The van der Waals surface area contributed by atoms with Gasteiger partial charge in [0.25, 0.3) is 0 Å². The monoisotopic (exact) mass is 441 g/mol. The van der Waals surface area contributed by atoms with Gasteiger partial charge >= 0.3 is 0 Å². The molecule has 4 rings (SSSR count). The van der Waals surface area contributed by atoms with Crippen LogP contribution in [0.5, 0.6) is 17.2 Å². The number of carbonyl (C=O) groups excluding carboxylic acids is 1. The molecule has 3 N–H and O–H groups in total. The zero-order valence-corrected chi connectivity index (χ0v) is 17.8. The Morgan fingerprint density at radius 2 is 2.10 bits per heavy atom. The van der Waals surface area contributed by atoms with E-state index in [2.05, 4.69) is 15.5 Å². The van der Waals surface area contributed by atoms with Gasteiger partial charge in [-0.25, -0.2) is 4.68 Å². The highest BCUT2D eigenvalue weighted by Crippen LogP contribution is 2.31. The molecule has 0 bridgehead atoms. The Labute approximate surface area is 183 Å². The Hall–Kier alpha value is -3.40. The molecule has 0 radical (unpaired) electrons. The van der Waals surface area contributed by atoms with E-state index in [0.29, 0.717) is 29.1 Å². The number of rotatable bonds is 8. The normalized spacial score (nSPS) is 14.9.